The molecule has 3 aromatic heterocycles. The number of rotatable bonds is 5. The van der Waals surface area contributed by atoms with Crippen LogP contribution in [0.3, 0.4) is 0 Å². The molecule has 4 aromatic rings. The lowest BCUT2D eigenvalue weighted by Crippen LogP contribution is -2.04. The zero-order valence-electron chi connectivity index (χ0n) is 17.9. The fraction of sp³-hybridized carbons (Fsp3) is 0.348. The summed E-state index contributed by atoms with van der Waals surface area (Å²) in [4.78, 5) is 4.75. The Morgan fingerprint density at radius 3 is 2.34 bits per heavy atom. The molecule has 0 bridgehead atoms. The Balaban J connectivity index is 1.71. The van der Waals surface area contributed by atoms with Gasteiger partial charge in [0.05, 0.1) is 30.7 Å². The molecule has 0 spiro atoms. The minimum atomic E-state index is 0.438. The van der Waals surface area contributed by atoms with Crippen molar-refractivity contribution >= 4 is 11.0 Å². The summed E-state index contributed by atoms with van der Waals surface area (Å²) in [6.07, 6.45) is 2.05. The minimum absolute atomic E-state index is 0.438. The molecule has 0 saturated carbocycles. The third-order valence-corrected chi connectivity index (χ3v) is 5.36. The lowest BCUT2D eigenvalue weighted by Gasteiger charge is -2.09. The van der Waals surface area contributed by atoms with Gasteiger partial charge in [-0.3, -0.25) is 4.68 Å². The molecule has 4 rings (SSSR count). The molecule has 0 aliphatic carbocycles. The molecule has 0 N–H and O–H groups in total. The van der Waals surface area contributed by atoms with Gasteiger partial charge in [0.1, 0.15) is 5.75 Å². The number of benzene rings is 1. The van der Waals surface area contributed by atoms with Gasteiger partial charge in [-0.2, -0.15) is 10.2 Å². The molecule has 0 aliphatic rings. The van der Waals surface area contributed by atoms with E-state index in [1.165, 1.54) is 11.3 Å². The second kappa shape index (κ2) is 7.35. The van der Waals surface area contributed by atoms with Gasteiger partial charge in [0.15, 0.2) is 5.65 Å². The van der Waals surface area contributed by atoms with Crippen LogP contribution in [0.2, 0.25) is 0 Å². The molecule has 0 aliphatic heterocycles. The van der Waals surface area contributed by atoms with Crippen LogP contribution in [0, 0.1) is 20.8 Å². The lowest BCUT2D eigenvalue weighted by molar-refractivity contribution is 0.414. The number of pyridine rings is 1. The highest BCUT2D eigenvalue weighted by molar-refractivity contribution is 5.77. The summed E-state index contributed by atoms with van der Waals surface area (Å²) in [5, 5.41) is 10.5. The first kappa shape index (κ1) is 19.2. The zero-order valence-corrected chi connectivity index (χ0v) is 17.9. The SMILES string of the molecule is COc1ccc(Cn2cc3cc(-n4nc(C)c(C(C)C)c4C)c(C)nc3n2)cc1. The van der Waals surface area contributed by atoms with E-state index in [0.717, 1.165) is 39.4 Å². The molecule has 0 atom stereocenters. The number of methoxy groups -OCH3 is 1. The van der Waals surface area contributed by atoms with Crippen molar-refractivity contribution in [1.29, 1.82) is 0 Å². The minimum Gasteiger partial charge on any atom is -0.497 e. The second-order valence-corrected chi connectivity index (χ2v) is 7.83. The van der Waals surface area contributed by atoms with Gasteiger partial charge in [0.25, 0.3) is 0 Å². The number of hydrogen-bond acceptors (Lipinski definition) is 4. The molecule has 29 heavy (non-hydrogen) atoms. The summed E-state index contributed by atoms with van der Waals surface area (Å²) in [5.74, 6) is 1.29. The molecule has 0 unspecified atom stereocenters. The molecule has 1 aromatic carbocycles. The van der Waals surface area contributed by atoms with Gasteiger partial charge in [0, 0.05) is 17.3 Å². The van der Waals surface area contributed by atoms with Crippen molar-refractivity contribution in [1.82, 2.24) is 24.5 Å². The van der Waals surface area contributed by atoms with Crippen LogP contribution in [0.15, 0.2) is 36.5 Å². The van der Waals surface area contributed by atoms with Crippen LogP contribution >= 0.6 is 0 Å². The number of aryl methyl sites for hydroxylation is 2. The summed E-state index contributed by atoms with van der Waals surface area (Å²) < 4.78 is 9.18. The van der Waals surface area contributed by atoms with E-state index in [1.54, 1.807) is 7.11 Å². The molecular formula is C23H27N5O. The summed E-state index contributed by atoms with van der Waals surface area (Å²) in [6.45, 7) is 11.3. The van der Waals surface area contributed by atoms with Gasteiger partial charge in [-0.1, -0.05) is 26.0 Å². The maximum absolute atomic E-state index is 5.23. The van der Waals surface area contributed by atoms with Gasteiger partial charge in [0.2, 0.25) is 0 Å². The van der Waals surface area contributed by atoms with Crippen LogP contribution in [-0.4, -0.2) is 31.7 Å². The molecular weight excluding hydrogens is 362 g/mol. The number of nitrogens with zero attached hydrogens (tertiary/aromatic N) is 5. The van der Waals surface area contributed by atoms with Gasteiger partial charge in [-0.15, -0.1) is 0 Å². The maximum atomic E-state index is 5.23. The van der Waals surface area contributed by atoms with Crippen molar-refractivity contribution in [2.45, 2.75) is 47.1 Å². The molecule has 6 heteroatoms. The van der Waals surface area contributed by atoms with Crippen LogP contribution in [0.4, 0.5) is 0 Å². The van der Waals surface area contributed by atoms with Crippen molar-refractivity contribution in [2.75, 3.05) is 7.11 Å². The van der Waals surface area contributed by atoms with E-state index in [1.807, 2.05) is 34.6 Å². The number of ether oxygens (including phenoxy) is 1. The van der Waals surface area contributed by atoms with E-state index in [2.05, 4.69) is 51.0 Å². The van der Waals surface area contributed by atoms with Gasteiger partial charge >= 0.3 is 0 Å². The fourth-order valence-corrected chi connectivity index (χ4v) is 4.02. The zero-order chi connectivity index (χ0) is 20.7. The topological polar surface area (TPSA) is 57.8 Å². The highest BCUT2D eigenvalue weighted by Crippen LogP contribution is 2.27. The highest BCUT2D eigenvalue weighted by atomic mass is 16.5. The molecule has 0 radical (unpaired) electrons. The van der Waals surface area contributed by atoms with Gasteiger partial charge in [-0.25, -0.2) is 9.67 Å². The van der Waals surface area contributed by atoms with Crippen LogP contribution in [0.1, 0.15) is 48.0 Å². The second-order valence-electron chi connectivity index (χ2n) is 7.83. The average molecular weight is 390 g/mol. The van der Waals surface area contributed by atoms with Crippen molar-refractivity contribution in [3.05, 3.63) is 64.7 Å². The van der Waals surface area contributed by atoms with Crippen molar-refractivity contribution in [2.24, 2.45) is 0 Å². The Kier molecular flexibility index (Phi) is 4.86. The monoisotopic (exact) mass is 389 g/mol. The van der Waals surface area contributed by atoms with Gasteiger partial charge < -0.3 is 4.74 Å². The lowest BCUT2D eigenvalue weighted by atomic mass is 10.0. The number of fused-ring (bicyclic) bond motifs is 1. The largest absolute Gasteiger partial charge is 0.497 e. The Morgan fingerprint density at radius 2 is 1.72 bits per heavy atom. The van der Waals surface area contributed by atoms with Crippen LogP contribution in [0.25, 0.3) is 16.7 Å². The molecule has 0 saturated heterocycles. The first-order valence-electron chi connectivity index (χ1n) is 9.91. The van der Waals surface area contributed by atoms with E-state index in [4.69, 9.17) is 14.8 Å². The first-order valence-corrected chi connectivity index (χ1v) is 9.91. The molecule has 0 fully saturated rings. The van der Waals surface area contributed by atoms with Crippen molar-refractivity contribution < 1.29 is 4.74 Å². The Hall–Kier alpha value is -3.15. The molecule has 6 nitrogen and oxygen atoms in total. The molecule has 3 heterocycles. The predicted molar refractivity (Wildman–Crippen MR) is 115 cm³/mol. The molecule has 0 amide bonds. The predicted octanol–water partition coefficient (Wildman–Crippen LogP) is 4.72. The van der Waals surface area contributed by atoms with Crippen molar-refractivity contribution in [3.63, 3.8) is 0 Å². The summed E-state index contributed by atoms with van der Waals surface area (Å²) in [6, 6.07) is 10.2. The third-order valence-electron chi connectivity index (χ3n) is 5.36. The van der Waals surface area contributed by atoms with Crippen LogP contribution in [0.5, 0.6) is 5.75 Å². The highest BCUT2D eigenvalue weighted by Gasteiger charge is 2.18. The normalized spacial score (nSPS) is 11.6. The summed E-state index contributed by atoms with van der Waals surface area (Å²) >= 11 is 0. The maximum Gasteiger partial charge on any atom is 0.181 e. The first-order chi connectivity index (χ1) is 13.9. The Labute approximate surface area is 171 Å². The Morgan fingerprint density at radius 1 is 1.00 bits per heavy atom. The number of aromatic nitrogens is 5. The number of hydrogen-bond donors (Lipinski definition) is 0. The smallest absolute Gasteiger partial charge is 0.181 e. The standard InChI is InChI=1S/C23H27N5O/c1-14(2)22-16(4)25-28(17(22)5)21-11-19-13-27(26-23(19)24-15(21)3)12-18-7-9-20(29-6)10-8-18/h7-11,13-14H,12H2,1-6H3. The van der Waals surface area contributed by atoms with Crippen LogP contribution in [-0.2, 0) is 6.54 Å². The van der Waals surface area contributed by atoms with E-state index in [-0.39, 0.29) is 0 Å². The van der Waals surface area contributed by atoms with E-state index in [9.17, 15) is 0 Å². The van der Waals surface area contributed by atoms with E-state index in [0.29, 0.717) is 12.5 Å². The summed E-state index contributed by atoms with van der Waals surface area (Å²) in [7, 11) is 1.67. The Bertz CT molecular complexity index is 1170. The van der Waals surface area contributed by atoms with E-state index < -0.39 is 0 Å². The van der Waals surface area contributed by atoms with Crippen LogP contribution < -0.4 is 4.74 Å². The van der Waals surface area contributed by atoms with Crippen molar-refractivity contribution in [3.8, 4) is 11.4 Å². The fourth-order valence-electron chi connectivity index (χ4n) is 4.02. The molecule has 150 valence electrons. The quantitative estimate of drug-likeness (QED) is 0.495. The third kappa shape index (κ3) is 3.50. The van der Waals surface area contributed by atoms with Gasteiger partial charge in [-0.05, 0) is 56.0 Å². The van der Waals surface area contributed by atoms with E-state index >= 15 is 0 Å². The summed E-state index contributed by atoms with van der Waals surface area (Å²) in [5.41, 5.74) is 7.41. The average Bonchev–Trinajstić information content (AvgIpc) is 3.20.